The first-order valence-electron chi connectivity index (χ1n) is 10.2. The molecule has 4 aromatic rings. The Morgan fingerprint density at radius 2 is 1.97 bits per heavy atom. The predicted molar refractivity (Wildman–Crippen MR) is 124 cm³/mol. The van der Waals surface area contributed by atoms with Gasteiger partial charge in [-0.3, -0.25) is 19.5 Å². The van der Waals surface area contributed by atoms with E-state index in [1.807, 2.05) is 0 Å². The van der Waals surface area contributed by atoms with Gasteiger partial charge in [0.05, 0.1) is 24.4 Å². The maximum Gasteiger partial charge on any atom is 0.294 e. The number of aromatic hydroxyl groups is 1. The molecule has 3 heterocycles. The molecule has 1 unspecified atom stereocenters. The Labute approximate surface area is 198 Å². The van der Waals surface area contributed by atoms with Crippen molar-refractivity contribution >= 4 is 39.9 Å². The molecule has 1 aliphatic rings. The number of halogens is 1. The predicted octanol–water partition coefficient (Wildman–Crippen LogP) is 4.98. The number of carbonyl (C=O) groups excluding carboxylic acids is 2. The highest BCUT2D eigenvalue weighted by molar-refractivity contribution is 6.31. The summed E-state index contributed by atoms with van der Waals surface area (Å²) in [5.74, 6) is -2.22. The molecule has 1 amide bonds. The van der Waals surface area contributed by atoms with Crippen LogP contribution in [-0.4, -0.2) is 34.0 Å². The van der Waals surface area contributed by atoms with Crippen molar-refractivity contribution in [3.05, 3.63) is 94.7 Å². The number of aliphatic hydroxyl groups excluding tert-OH is 1. The Morgan fingerprint density at radius 1 is 1.15 bits per heavy atom. The lowest BCUT2D eigenvalue weighted by molar-refractivity contribution is -0.117. The average Bonchev–Trinajstić information content (AvgIpc) is 3.40. The van der Waals surface area contributed by atoms with Crippen LogP contribution in [0.1, 0.15) is 22.2 Å². The number of phenols is 1. The van der Waals surface area contributed by atoms with Crippen LogP contribution in [-0.2, 0) is 4.79 Å². The van der Waals surface area contributed by atoms with Gasteiger partial charge >= 0.3 is 0 Å². The normalized spacial score (nSPS) is 15.9. The molecule has 9 heteroatoms. The Morgan fingerprint density at radius 3 is 2.71 bits per heavy atom. The van der Waals surface area contributed by atoms with Crippen molar-refractivity contribution in [2.24, 2.45) is 0 Å². The third kappa shape index (κ3) is 3.36. The number of anilines is 1. The molecule has 8 nitrogen and oxygen atoms in total. The zero-order valence-corrected chi connectivity index (χ0v) is 18.5. The number of furan rings is 1. The van der Waals surface area contributed by atoms with Crippen LogP contribution in [0.4, 0.5) is 5.69 Å². The molecular weight excluding hydrogens is 460 g/mol. The highest BCUT2D eigenvalue weighted by atomic mass is 35.5. The fourth-order valence-corrected chi connectivity index (χ4v) is 4.24. The number of para-hydroxylation sites is 1. The molecule has 1 aliphatic heterocycles. The van der Waals surface area contributed by atoms with Gasteiger partial charge in [-0.25, -0.2) is 0 Å². The number of aliphatic hydroxyl groups is 1. The summed E-state index contributed by atoms with van der Waals surface area (Å²) in [6.07, 6.45) is 3.01. The van der Waals surface area contributed by atoms with Crippen LogP contribution >= 0.6 is 11.6 Å². The van der Waals surface area contributed by atoms with Gasteiger partial charge in [0.25, 0.3) is 5.91 Å². The minimum absolute atomic E-state index is 0.0342. The highest BCUT2D eigenvalue weighted by Crippen LogP contribution is 2.45. The van der Waals surface area contributed by atoms with Crippen molar-refractivity contribution < 1.29 is 29.0 Å². The minimum atomic E-state index is -1.09. The molecule has 0 saturated carbocycles. The lowest BCUT2D eigenvalue weighted by Gasteiger charge is -2.27. The fourth-order valence-electron chi connectivity index (χ4n) is 4.07. The van der Waals surface area contributed by atoms with Crippen LogP contribution in [0.2, 0.25) is 5.02 Å². The van der Waals surface area contributed by atoms with Crippen LogP contribution in [0.15, 0.2) is 82.7 Å². The van der Waals surface area contributed by atoms with E-state index in [0.29, 0.717) is 22.3 Å². The molecule has 2 aromatic heterocycles. The van der Waals surface area contributed by atoms with E-state index in [4.69, 9.17) is 20.8 Å². The van der Waals surface area contributed by atoms with Crippen molar-refractivity contribution in [3.63, 3.8) is 0 Å². The number of hydrogen-bond donors (Lipinski definition) is 2. The first-order chi connectivity index (χ1) is 16.4. The number of fused-ring (bicyclic) bond motifs is 1. The molecule has 0 saturated heterocycles. The smallest absolute Gasteiger partial charge is 0.294 e. The number of nitrogens with zero attached hydrogens (tertiary/aromatic N) is 2. The number of ether oxygens (including phenoxy) is 1. The quantitative estimate of drug-likeness (QED) is 0.390. The van der Waals surface area contributed by atoms with E-state index in [1.54, 1.807) is 30.3 Å². The average molecular weight is 477 g/mol. The number of Topliss-reactive ketones (excluding diaryl/α,β-unsaturated/α-hetero) is 1. The van der Waals surface area contributed by atoms with Crippen LogP contribution < -0.4 is 9.64 Å². The summed E-state index contributed by atoms with van der Waals surface area (Å²) in [6.45, 7) is 0. The molecule has 0 fully saturated rings. The third-order valence-electron chi connectivity index (χ3n) is 5.60. The number of rotatable bonds is 5. The van der Waals surface area contributed by atoms with Crippen LogP contribution in [0, 0.1) is 0 Å². The lowest BCUT2D eigenvalue weighted by Crippen LogP contribution is -2.31. The SMILES string of the molecule is COc1cccc2cc(C(=O)C3=C(O)C(=O)N(c4cc(Cl)ccc4O)C3c3cccnc3)oc12. The van der Waals surface area contributed by atoms with E-state index in [1.165, 1.54) is 43.8 Å². The number of pyridine rings is 1. The summed E-state index contributed by atoms with van der Waals surface area (Å²) in [5.41, 5.74) is 0.624. The second-order valence-electron chi connectivity index (χ2n) is 7.58. The van der Waals surface area contributed by atoms with Gasteiger partial charge < -0.3 is 19.4 Å². The Hall–Kier alpha value is -4.30. The summed E-state index contributed by atoms with van der Waals surface area (Å²) < 4.78 is 11.1. The van der Waals surface area contributed by atoms with E-state index in [9.17, 15) is 19.8 Å². The monoisotopic (exact) mass is 476 g/mol. The van der Waals surface area contributed by atoms with E-state index in [-0.39, 0.29) is 27.8 Å². The lowest BCUT2D eigenvalue weighted by atomic mass is 9.96. The standard InChI is InChI=1S/C25H17ClN2O6/c1-33-18-6-2-4-13-10-19(34-24(13)18)22(30)20-21(14-5-3-9-27-12-14)28(25(32)23(20)31)16-11-15(26)7-8-17(16)29/h2-12,21,29,31H,1H3. The maximum absolute atomic E-state index is 13.6. The van der Waals surface area contributed by atoms with Gasteiger partial charge in [-0.05, 0) is 42.0 Å². The topological polar surface area (TPSA) is 113 Å². The zero-order valence-electron chi connectivity index (χ0n) is 17.7. The number of methoxy groups -OCH3 is 1. The molecule has 34 heavy (non-hydrogen) atoms. The van der Waals surface area contributed by atoms with Gasteiger partial charge in [0.2, 0.25) is 5.78 Å². The largest absolute Gasteiger partial charge is 0.506 e. The number of benzene rings is 2. The van der Waals surface area contributed by atoms with Gasteiger partial charge in [-0.2, -0.15) is 0 Å². The first kappa shape index (κ1) is 21.5. The number of carbonyl (C=O) groups is 2. The van der Waals surface area contributed by atoms with Gasteiger partial charge in [0, 0.05) is 22.8 Å². The number of ketones is 1. The minimum Gasteiger partial charge on any atom is -0.506 e. The molecule has 5 rings (SSSR count). The number of phenolic OH excluding ortho intramolecular Hbond substituents is 1. The zero-order chi connectivity index (χ0) is 24.0. The van der Waals surface area contributed by atoms with Gasteiger partial charge in [0.1, 0.15) is 5.75 Å². The Bertz CT molecular complexity index is 1480. The van der Waals surface area contributed by atoms with Gasteiger partial charge in [0.15, 0.2) is 22.9 Å². The number of amides is 1. The van der Waals surface area contributed by atoms with Crippen LogP contribution in [0.5, 0.6) is 11.5 Å². The van der Waals surface area contributed by atoms with Crippen molar-refractivity contribution in [2.75, 3.05) is 12.0 Å². The summed E-state index contributed by atoms with van der Waals surface area (Å²) in [7, 11) is 1.48. The highest BCUT2D eigenvalue weighted by Gasteiger charge is 2.46. The summed E-state index contributed by atoms with van der Waals surface area (Å²) in [4.78, 5) is 32.1. The summed E-state index contributed by atoms with van der Waals surface area (Å²) in [6, 6.07) is 13.1. The van der Waals surface area contributed by atoms with E-state index in [2.05, 4.69) is 4.98 Å². The Kier molecular flexibility index (Phi) is 5.22. The third-order valence-corrected chi connectivity index (χ3v) is 5.84. The fraction of sp³-hybridized carbons (Fsp3) is 0.0800. The second-order valence-corrected chi connectivity index (χ2v) is 8.01. The molecule has 170 valence electrons. The van der Waals surface area contributed by atoms with Gasteiger partial charge in [-0.1, -0.05) is 29.8 Å². The molecule has 0 spiro atoms. The van der Waals surface area contributed by atoms with E-state index >= 15 is 0 Å². The molecule has 1 atom stereocenters. The summed E-state index contributed by atoms with van der Waals surface area (Å²) in [5, 5.41) is 22.2. The van der Waals surface area contributed by atoms with Crippen molar-refractivity contribution in [1.29, 1.82) is 0 Å². The molecule has 0 radical (unpaired) electrons. The van der Waals surface area contributed by atoms with E-state index < -0.39 is 23.5 Å². The molecule has 2 aromatic carbocycles. The summed E-state index contributed by atoms with van der Waals surface area (Å²) >= 11 is 6.11. The molecule has 0 aliphatic carbocycles. The van der Waals surface area contributed by atoms with Crippen LogP contribution in [0.3, 0.4) is 0 Å². The van der Waals surface area contributed by atoms with Gasteiger partial charge in [-0.15, -0.1) is 0 Å². The molecule has 0 bridgehead atoms. The maximum atomic E-state index is 13.6. The second kappa shape index (κ2) is 8.24. The molecular formula is C25H17ClN2O6. The number of aromatic nitrogens is 1. The van der Waals surface area contributed by atoms with Crippen molar-refractivity contribution in [2.45, 2.75) is 6.04 Å². The van der Waals surface area contributed by atoms with Crippen molar-refractivity contribution in [1.82, 2.24) is 4.98 Å². The first-order valence-corrected chi connectivity index (χ1v) is 10.5. The number of hydrogen-bond acceptors (Lipinski definition) is 7. The van der Waals surface area contributed by atoms with Crippen molar-refractivity contribution in [3.8, 4) is 11.5 Å². The van der Waals surface area contributed by atoms with Crippen LogP contribution in [0.25, 0.3) is 11.0 Å². The molecule has 2 N–H and O–H groups in total. The van der Waals surface area contributed by atoms with E-state index in [0.717, 1.165) is 4.90 Å². The Balaban J connectivity index is 1.68.